The predicted octanol–water partition coefficient (Wildman–Crippen LogP) is 15.5. The minimum atomic E-state index is -0.446. The van der Waals surface area contributed by atoms with E-state index in [1.54, 1.807) is 0 Å². The Bertz CT molecular complexity index is 2590. The maximum absolute atomic E-state index is 2.23. The molecule has 0 atom stereocenters. The van der Waals surface area contributed by atoms with Crippen LogP contribution in [0.25, 0.3) is 0 Å². The van der Waals surface area contributed by atoms with E-state index >= 15 is 0 Å². The van der Waals surface area contributed by atoms with Gasteiger partial charge in [-0.05, 0) is 95.3 Å². The summed E-state index contributed by atoms with van der Waals surface area (Å²) < 4.78 is 0. The number of halogens is 4. The minimum Gasteiger partial charge on any atom is -0.147 e. The Labute approximate surface area is 505 Å². The third kappa shape index (κ3) is 18.8. The van der Waals surface area contributed by atoms with Crippen LogP contribution in [0.3, 0.4) is 0 Å². The summed E-state index contributed by atoms with van der Waals surface area (Å²) in [6, 6.07) is 129. The Morgan fingerprint density at radius 1 is 0.100 bits per heavy atom. The summed E-state index contributed by atoms with van der Waals surface area (Å²) >= 11 is 0. The van der Waals surface area contributed by atoms with E-state index in [1.165, 1.54) is 63.7 Å². The number of rotatable bonds is 12. The van der Waals surface area contributed by atoms with Gasteiger partial charge in [0.05, 0.1) is 0 Å². The molecule has 0 bridgehead atoms. The molecule has 0 aliphatic rings. The van der Waals surface area contributed by atoms with Crippen molar-refractivity contribution in [1.82, 2.24) is 0 Å². The fraction of sp³-hybridized carbons (Fsp3) is 0. The van der Waals surface area contributed by atoms with Crippen LogP contribution in [0.2, 0.25) is 0 Å². The van der Waals surface area contributed by atoms with E-state index in [2.05, 4.69) is 364 Å². The molecule has 12 rings (SSSR count). The maximum atomic E-state index is 2.23. The highest BCUT2D eigenvalue weighted by atomic mass is 35.5. The molecule has 0 amide bonds. The number of hydrogen-bond donors (Lipinski definition) is 0. The smallest absolute Gasteiger partial charge is 0.0134 e. The van der Waals surface area contributed by atoms with E-state index in [4.69, 9.17) is 0 Å². The Kier molecular flexibility index (Phi) is 28.9. The van der Waals surface area contributed by atoms with E-state index < -0.39 is 31.7 Å². The first-order valence-corrected chi connectivity index (χ1v) is 31.0. The summed E-state index contributed by atoms with van der Waals surface area (Å²) in [7, 11) is -1.78. The molecular formula is C72H64Cl4P4. The van der Waals surface area contributed by atoms with Gasteiger partial charge in [-0.2, -0.15) is 0 Å². The van der Waals surface area contributed by atoms with Gasteiger partial charge in [0.25, 0.3) is 0 Å². The van der Waals surface area contributed by atoms with Crippen molar-refractivity contribution in [2.45, 2.75) is 0 Å². The molecule has 0 spiro atoms. The highest BCUT2D eigenvalue weighted by Crippen LogP contribution is 2.35. The molecule has 8 heteroatoms. The molecule has 0 radical (unpaired) electrons. The van der Waals surface area contributed by atoms with Crippen LogP contribution in [-0.2, 0) is 0 Å². The molecular weight excluding hydrogens is 1130 g/mol. The van der Waals surface area contributed by atoms with Crippen molar-refractivity contribution >= 4 is 145 Å². The molecule has 0 heterocycles. The molecule has 0 saturated heterocycles. The van der Waals surface area contributed by atoms with E-state index in [-0.39, 0.29) is 49.6 Å². The van der Waals surface area contributed by atoms with Crippen molar-refractivity contribution in [3.05, 3.63) is 364 Å². The molecule has 0 saturated carbocycles. The fourth-order valence-corrected chi connectivity index (χ4v) is 17.9. The first kappa shape index (κ1) is 64.3. The maximum Gasteiger partial charge on any atom is -0.0134 e. The molecule has 0 aromatic heterocycles. The lowest BCUT2D eigenvalue weighted by molar-refractivity contribution is 1.74. The summed E-state index contributed by atoms with van der Waals surface area (Å²) in [4.78, 5) is 0. The topological polar surface area (TPSA) is 0 Å². The molecule has 12 aromatic carbocycles. The van der Waals surface area contributed by atoms with Crippen LogP contribution in [0.15, 0.2) is 364 Å². The van der Waals surface area contributed by atoms with E-state index in [0.29, 0.717) is 0 Å². The molecule has 0 unspecified atom stereocenters. The van der Waals surface area contributed by atoms with Crippen LogP contribution >= 0.6 is 81.3 Å². The van der Waals surface area contributed by atoms with Crippen LogP contribution in [0.4, 0.5) is 0 Å². The molecule has 0 N–H and O–H groups in total. The third-order valence-electron chi connectivity index (χ3n) is 12.2. The van der Waals surface area contributed by atoms with Crippen LogP contribution < -0.4 is 63.7 Å². The van der Waals surface area contributed by atoms with Crippen LogP contribution in [0.5, 0.6) is 0 Å². The minimum absolute atomic E-state index is 0. The Hall–Kier alpha value is -6.48. The summed E-state index contributed by atoms with van der Waals surface area (Å²) in [5.41, 5.74) is 0. The average molecular weight is 1200 g/mol. The van der Waals surface area contributed by atoms with Gasteiger partial charge in [0.1, 0.15) is 0 Å². The molecule has 0 nitrogen and oxygen atoms in total. The third-order valence-corrected chi connectivity index (χ3v) is 21.9. The highest BCUT2D eigenvalue weighted by Gasteiger charge is 2.18. The second-order valence-electron chi connectivity index (χ2n) is 17.4. The van der Waals surface area contributed by atoms with E-state index in [1.807, 2.05) is 0 Å². The van der Waals surface area contributed by atoms with Crippen LogP contribution in [-0.4, -0.2) is 0 Å². The van der Waals surface area contributed by atoms with E-state index in [9.17, 15) is 0 Å². The molecule has 0 aliphatic carbocycles. The summed E-state index contributed by atoms with van der Waals surface area (Å²) in [5.74, 6) is 0. The lowest BCUT2D eigenvalue weighted by Crippen LogP contribution is -2.20. The second-order valence-corrected chi connectivity index (χ2v) is 26.2. The molecule has 12 aromatic rings. The molecule has 400 valence electrons. The van der Waals surface area contributed by atoms with Gasteiger partial charge in [0.15, 0.2) is 0 Å². The quantitative estimate of drug-likeness (QED) is 0.107. The fourth-order valence-electron chi connectivity index (χ4n) is 8.71. The van der Waals surface area contributed by atoms with Crippen molar-refractivity contribution in [1.29, 1.82) is 0 Å². The lowest BCUT2D eigenvalue weighted by atomic mass is 10.4. The van der Waals surface area contributed by atoms with Crippen molar-refractivity contribution in [3.8, 4) is 0 Å². The normalized spacial score (nSPS) is 10.1. The summed E-state index contributed by atoms with van der Waals surface area (Å²) in [6.07, 6.45) is 0. The van der Waals surface area contributed by atoms with Gasteiger partial charge < -0.3 is 0 Å². The standard InChI is InChI=1S/4C18H15P.4ClH/c4*1-4-10-16(11-5-1)19(17-12-6-2-7-13-17)18-14-8-3-9-15-18;;;;/h4*1-15H;4*1H. The Balaban J connectivity index is 0.000000193. The average Bonchev–Trinajstić information content (AvgIpc) is 3.52. The lowest BCUT2D eigenvalue weighted by Gasteiger charge is -2.18. The monoisotopic (exact) mass is 1190 g/mol. The van der Waals surface area contributed by atoms with Crippen LogP contribution in [0, 0.1) is 0 Å². The van der Waals surface area contributed by atoms with Gasteiger partial charge in [-0.25, -0.2) is 0 Å². The van der Waals surface area contributed by atoms with E-state index in [0.717, 1.165) is 0 Å². The molecule has 0 fully saturated rings. The van der Waals surface area contributed by atoms with Gasteiger partial charge in [-0.1, -0.05) is 364 Å². The number of hydrogen-bond acceptors (Lipinski definition) is 0. The summed E-state index contributed by atoms with van der Waals surface area (Å²) in [5, 5.41) is 16.8. The van der Waals surface area contributed by atoms with Gasteiger partial charge in [-0.15, -0.1) is 49.6 Å². The Morgan fingerprint density at radius 2 is 0.163 bits per heavy atom. The van der Waals surface area contributed by atoms with Crippen molar-refractivity contribution < 1.29 is 0 Å². The largest absolute Gasteiger partial charge is 0.147 e. The Morgan fingerprint density at radius 3 is 0.225 bits per heavy atom. The van der Waals surface area contributed by atoms with Gasteiger partial charge in [0.2, 0.25) is 0 Å². The first-order chi connectivity index (χ1) is 37.8. The molecule has 0 aliphatic heterocycles. The zero-order chi connectivity index (χ0) is 51.7. The van der Waals surface area contributed by atoms with Gasteiger partial charge in [-0.3, -0.25) is 0 Å². The van der Waals surface area contributed by atoms with Crippen LogP contribution in [0.1, 0.15) is 0 Å². The first-order valence-electron chi connectivity index (χ1n) is 25.6. The highest BCUT2D eigenvalue weighted by molar-refractivity contribution is 7.81. The van der Waals surface area contributed by atoms with Crippen molar-refractivity contribution in [3.63, 3.8) is 0 Å². The second kappa shape index (κ2) is 36.0. The molecule has 80 heavy (non-hydrogen) atoms. The summed E-state index contributed by atoms with van der Waals surface area (Å²) in [6.45, 7) is 0. The zero-order valence-electron chi connectivity index (χ0n) is 44.1. The van der Waals surface area contributed by atoms with Gasteiger partial charge >= 0.3 is 0 Å². The zero-order valence-corrected chi connectivity index (χ0v) is 50.9. The van der Waals surface area contributed by atoms with Crippen molar-refractivity contribution in [2.75, 3.05) is 0 Å². The van der Waals surface area contributed by atoms with Gasteiger partial charge in [0, 0.05) is 0 Å². The SMILES string of the molecule is Cl.Cl.Cl.Cl.c1ccc(P(c2ccccc2)c2ccccc2)cc1.c1ccc(P(c2ccccc2)c2ccccc2)cc1.c1ccc(P(c2ccccc2)c2ccccc2)cc1.c1ccc(P(c2ccccc2)c2ccccc2)cc1. The van der Waals surface area contributed by atoms with Crippen molar-refractivity contribution in [2.24, 2.45) is 0 Å². The number of benzene rings is 12. The predicted molar refractivity (Wildman–Crippen MR) is 370 cm³/mol.